The number of carbonyl (C=O) groups is 2. The third-order valence-electron chi connectivity index (χ3n) is 6.47. The lowest BCUT2D eigenvalue weighted by atomic mass is 9.62. The monoisotopic (exact) mass is 421 g/mol. The molecule has 29 heavy (non-hydrogen) atoms. The summed E-state index contributed by atoms with van der Waals surface area (Å²) in [6.45, 7) is 3.38. The molecule has 0 heterocycles. The molecule has 0 radical (unpaired) electrons. The minimum Gasteiger partial charge on any atom is -0.480 e. The Morgan fingerprint density at radius 3 is 2.66 bits per heavy atom. The molecule has 160 valence electrons. The van der Waals surface area contributed by atoms with Gasteiger partial charge in [-0.3, -0.25) is 9.59 Å². The van der Waals surface area contributed by atoms with E-state index in [-0.39, 0.29) is 11.3 Å². The van der Waals surface area contributed by atoms with Crippen LogP contribution < -0.4 is 16.0 Å². The second-order valence-corrected chi connectivity index (χ2v) is 9.08. The maximum Gasteiger partial charge on any atom is 0.320 e. The molecule has 2 bridgehead atoms. The van der Waals surface area contributed by atoms with Gasteiger partial charge >= 0.3 is 5.97 Å². The van der Waals surface area contributed by atoms with E-state index in [4.69, 9.17) is 16.7 Å². The van der Waals surface area contributed by atoms with Gasteiger partial charge in [0.25, 0.3) is 5.91 Å². The third-order valence-corrected chi connectivity index (χ3v) is 6.80. The van der Waals surface area contributed by atoms with Crippen molar-refractivity contribution in [2.75, 3.05) is 25.0 Å². The summed E-state index contributed by atoms with van der Waals surface area (Å²) in [5.74, 6) is -0.168. The normalized spacial score (nSPS) is 24.6. The number of carbonyl (C=O) groups excluding carboxylic acids is 1. The lowest BCUT2D eigenvalue weighted by Gasteiger charge is -2.45. The van der Waals surface area contributed by atoms with Crippen molar-refractivity contribution in [3.8, 4) is 0 Å². The Labute approximate surface area is 177 Å². The van der Waals surface area contributed by atoms with Crippen LogP contribution in [0.25, 0.3) is 0 Å². The standard InChI is InChI=1S/C22H32ClN3O3/c1-15(21(28)29)24-10-11-25-17-6-7-19(23)18(12-17)20(27)26-14-22-8-2-4-16(13-22)5-3-9-22/h6-7,12,15-16,24-25H,2-5,8-11,13-14H2,1H3,(H,26,27)(H,28,29). The Balaban J connectivity index is 1.53. The number of hydrogen-bond donors (Lipinski definition) is 4. The predicted octanol–water partition coefficient (Wildman–Crippen LogP) is 3.90. The zero-order valence-corrected chi connectivity index (χ0v) is 17.9. The molecule has 1 aromatic carbocycles. The summed E-state index contributed by atoms with van der Waals surface area (Å²) in [5, 5.41) is 18.6. The molecular formula is C22H32ClN3O3. The van der Waals surface area contributed by atoms with Crippen molar-refractivity contribution in [2.24, 2.45) is 11.3 Å². The van der Waals surface area contributed by atoms with Crippen LogP contribution in [-0.4, -0.2) is 42.7 Å². The first-order valence-corrected chi connectivity index (χ1v) is 11.0. The molecule has 4 N–H and O–H groups in total. The van der Waals surface area contributed by atoms with Gasteiger partial charge in [0.15, 0.2) is 0 Å². The van der Waals surface area contributed by atoms with E-state index < -0.39 is 12.0 Å². The average Bonchev–Trinajstić information content (AvgIpc) is 2.70. The van der Waals surface area contributed by atoms with E-state index in [0.717, 1.165) is 18.2 Å². The number of nitrogens with one attached hydrogen (secondary N) is 3. The summed E-state index contributed by atoms with van der Waals surface area (Å²) in [5.41, 5.74) is 1.53. The van der Waals surface area contributed by atoms with Crippen molar-refractivity contribution >= 4 is 29.2 Å². The minimum atomic E-state index is -0.878. The summed E-state index contributed by atoms with van der Waals surface area (Å²) in [6.07, 6.45) is 8.89. The Morgan fingerprint density at radius 2 is 1.97 bits per heavy atom. The number of hydrogen-bond acceptors (Lipinski definition) is 4. The smallest absolute Gasteiger partial charge is 0.320 e. The lowest BCUT2D eigenvalue weighted by molar-refractivity contribution is -0.138. The van der Waals surface area contributed by atoms with Gasteiger partial charge in [0, 0.05) is 25.3 Å². The Kier molecular flexibility index (Phi) is 7.41. The van der Waals surface area contributed by atoms with Crippen LogP contribution in [0.5, 0.6) is 0 Å². The summed E-state index contributed by atoms with van der Waals surface area (Å²) in [4.78, 5) is 23.6. The number of carboxylic acid groups (broad SMARTS) is 1. The fourth-order valence-electron chi connectivity index (χ4n) is 4.83. The molecule has 0 aromatic heterocycles. The van der Waals surface area contributed by atoms with Gasteiger partial charge in [-0.05, 0) is 55.7 Å². The van der Waals surface area contributed by atoms with E-state index in [1.165, 1.54) is 44.9 Å². The summed E-state index contributed by atoms with van der Waals surface area (Å²) < 4.78 is 0. The number of anilines is 1. The number of benzene rings is 1. The number of fused-ring (bicyclic) bond motifs is 2. The van der Waals surface area contributed by atoms with Crippen molar-refractivity contribution in [3.63, 3.8) is 0 Å². The van der Waals surface area contributed by atoms with Crippen molar-refractivity contribution < 1.29 is 14.7 Å². The van der Waals surface area contributed by atoms with Gasteiger partial charge in [-0.2, -0.15) is 0 Å². The van der Waals surface area contributed by atoms with E-state index >= 15 is 0 Å². The van der Waals surface area contributed by atoms with Crippen molar-refractivity contribution in [1.82, 2.24) is 10.6 Å². The SMILES string of the molecule is CC(NCCNc1ccc(Cl)c(C(=O)NCC23CCCC(CCC2)C3)c1)C(=O)O. The minimum absolute atomic E-state index is 0.127. The number of aliphatic carboxylic acids is 1. The molecule has 1 atom stereocenters. The van der Waals surface area contributed by atoms with Crippen LogP contribution in [0.3, 0.4) is 0 Å². The second kappa shape index (κ2) is 9.81. The van der Waals surface area contributed by atoms with E-state index in [0.29, 0.717) is 23.7 Å². The number of carboxylic acids is 1. The second-order valence-electron chi connectivity index (χ2n) is 8.67. The number of amides is 1. The van der Waals surface area contributed by atoms with Crippen LogP contribution in [0, 0.1) is 11.3 Å². The quantitative estimate of drug-likeness (QED) is 0.454. The zero-order chi connectivity index (χ0) is 20.9. The topological polar surface area (TPSA) is 90.5 Å². The largest absolute Gasteiger partial charge is 0.480 e. The van der Waals surface area contributed by atoms with Crippen molar-refractivity contribution in [2.45, 2.75) is 57.9 Å². The van der Waals surface area contributed by atoms with Gasteiger partial charge in [-0.25, -0.2) is 0 Å². The maximum absolute atomic E-state index is 12.8. The predicted molar refractivity (Wildman–Crippen MR) is 116 cm³/mol. The Bertz CT molecular complexity index is 730. The molecule has 0 saturated heterocycles. The van der Waals surface area contributed by atoms with Gasteiger partial charge in [-0.15, -0.1) is 0 Å². The first-order valence-electron chi connectivity index (χ1n) is 10.7. The van der Waals surface area contributed by atoms with Gasteiger partial charge in [0.2, 0.25) is 0 Å². The Hall–Kier alpha value is -1.79. The summed E-state index contributed by atoms with van der Waals surface area (Å²) in [6, 6.07) is 4.72. The fourth-order valence-corrected chi connectivity index (χ4v) is 5.03. The molecule has 2 aliphatic carbocycles. The molecule has 3 rings (SSSR count). The molecule has 2 saturated carbocycles. The first-order chi connectivity index (χ1) is 13.9. The van der Waals surface area contributed by atoms with Crippen molar-refractivity contribution in [3.05, 3.63) is 28.8 Å². The van der Waals surface area contributed by atoms with Crippen LogP contribution in [0.15, 0.2) is 18.2 Å². The highest BCUT2D eigenvalue weighted by Gasteiger charge is 2.39. The van der Waals surface area contributed by atoms with Crippen LogP contribution in [0.2, 0.25) is 5.02 Å². The number of halogens is 1. The van der Waals surface area contributed by atoms with E-state index in [9.17, 15) is 9.59 Å². The van der Waals surface area contributed by atoms with Crippen LogP contribution >= 0.6 is 11.6 Å². The highest BCUT2D eigenvalue weighted by Crippen LogP contribution is 2.48. The molecule has 2 fully saturated rings. The van der Waals surface area contributed by atoms with Crippen LogP contribution in [0.4, 0.5) is 5.69 Å². The molecular weight excluding hydrogens is 390 g/mol. The van der Waals surface area contributed by atoms with Gasteiger partial charge in [0.05, 0.1) is 10.6 Å². The van der Waals surface area contributed by atoms with E-state index in [2.05, 4.69) is 16.0 Å². The third kappa shape index (κ3) is 5.86. The molecule has 1 amide bonds. The average molecular weight is 422 g/mol. The summed E-state index contributed by atoms with van der Waals surface area (Å²) in [7, 11) is 0. The highest BCUT2D eigenvalue weighted by molar-refractivity contribution is 6.34. The fraction of sp³-hybridized carbons (Fsp3) is 0.636. The lowest BCUT2D eigenvalue weighted by Crippen LogP contribution is -2.43. The first kappa shape index (κ1) is 21.9. The van der Waals surface area contributed by atoms with Gasteiger partial charge in [0.1, 0.15) is 6.04 Å². The molecule has 2 aliphatic rings. The van der Waals surface area contributed by atoms with E-state index in [1.54, 1.807) is 19.1 Å². The highest BCUT2D eigenvalue weighted by atomic mass is 35.5. The van der Waals surface area contributed by atoms with Crippen LogP contribution in [-0.2, 0) is 4.79 Å². The molecule has 7 heteroatoms. The molecule has 1 aromatic rings. The number of rotatable bonds is 9. The molecule has 1 unspecified atom stereocenters. The molecule has 0 aliphatic heterocycles. The summed E-state index contributed by atoms with van der Waals surface area (Å²) >= 11 is 6.29. The Morgan fingerprint density at radius 1 is 1.24 bits per heavy atom. The van der Waals surface area contributed by atoms with Gasteiger partial charge < -0.3 is 21.1 Å². The molecule has 6 nitrogen and oxygen atoms in total. The van der Waals surface area contributed by atoms with E-state index in [1.807, 2.05) is 6.07 Å². The molecule has 0 spiro atoms. The van der Waals surface area contributed by atoms with Crippen LogP contribution in [0.1, 0.15) is 62.2 Å². The zero-order valence-electron chi connectivity index (χ0n) is 17.1. The maximum atomic E-state index is 12.8. The van der Waals surface area contributed by atoms with Gasteiger partial charge in [-0.1, -0.05) is 37.3 Å². The van der Waals surface area contributed by atoms with Crippen molar-refractivity contribution in [1.29, 1.82) is 0 Å².